The van der Waals surface area contributed by atoms with Crippen molar-refractivity contribution in [3.8, 4) is 0 Å². The molecule has 1 saturated heterocycles. The molecule has 2 aliphatic rings. The number of aryl methyl sites for hydroxylation is 1. The zero-order valence-corrected chi connectivity index (χ0v) is 48.2. The number of aliphatic hydroxyl groups excluding tert-OH is 1. The van der Waals surface area contributed by atoms with Crippen molar-refractivity contribution in [1.82, 2.24) is 46.3 Å². The van der Waals surface area contributed by atoms with Crippen molar-refractivity contribution in [1.29, 1.82) is 0 Å². The monoisotopic (exact) mass is 1320 g/mol. The van der Waals surface area contributed by atoms with Gasteiger partial charge in [-0.2, -0.15) is 0 Å². The Morgan fingerprint density at radius 3 is 1.78 bits per heavy atom. The number of nitrogens with one attached hydrogen (secondary N) is 6. The minimum atomic E-state index is -1.81. The van der Waals surface area contributed by atoms with Crippen LogP contribution in [0.25, 0.3) is 0 Å². The third-order valence-corrected chi connectivity index (χ3v) is 13.1. The van der Waals surface area contributed by atoms with E-state index in [1.165, 1.54) is 4.90 Å². The maximum atomic E-state index is 13.6. The first-order chi connectivity index (χ1) is 38.7. The minimum absolute atomic E-state index is 0. The molecule has 16 N–H and O–H groups in total. The van der Waals surface area contributed by atoms with Gasteiger partial charge in [0.25, 0.3) is 10.9 Å². The van der Waals surface area contributed by atoms with Crippen molar-refractivity contribution >= 4 is 76.7 Å². The van der Waals surface area contributed by atoms with Gasteiger partial charge in [-0.25, -0.2) is 4.79 Å². The number of carbonyl (C=O) groups excluding carboxylic acids is 5. The molecule has 0 radical (unpaired) electrons. The molecule has 32 nitrogen and oxygen atoms in total. The van der Waals surface area contributed by atoms with Crippen LogP contribution < -0.4 is 59.1 Å². The normalized spacial score (nSPS) is 16.5. The van der Waals surface area contributed by atoms with Gasteiger partial charge in [-0.15, -0.1) is 0 Å². The summed E-state index contributed by atoms with van der Waals surface area (Å²) in [6.45, 7) is 1.86. The SMILES string of the molecule is CC(C)C[C@H](NC(=O)[C@H](CC(=O)O)NC(=O)CNC(=O)[C@@H]1CCCN1c1c(NCCCc2cc3nc(c2)CN(CC(=O)O)CCN(CC(=O)O)CCN(CC(=O)O)C3)c(=O)c1=O)C(=O)N[C@@H](CO)C(=O)N[C@@H](CCCN=C(N)N)C(=O)O.[Gd]. The summed E-state index contributed by atoms with van der Waals surface area (Å²) in [5, 5.41) is 72.5. The first kappa shape index (κ1) is 70.2. The second-order valence-corrected chi connectivity index (χ2v) is 20.3. The summed E-state index contributed by atoms with van der Waals surface area (Å²) in [6, 6.07) is -3.92. The van der Waals surface area contributed by atoms with Crippen LogP contribution in [0.3, 0.4) is 0 Å². The largest absolute Gasteiger partial charge is 0.481 e. The number of amides is 5. The fourth-order valence-electron chi connectivity index (χ4n) is 9.34. The van der Waals surface area contributed by atoms with E-state index >= 15 is 0 Å². The van der Waals surface area contributed by atoms with E-state index in [-0.39, 0.29) is 167 Å². The maximum Gasteiger partial charge on any atom is 0.326 e. The van der Waals surface area contributed by atoms with Crippen LogP contribution in [0.1, 0.15) is 75.7 Å². The summed E-state index contributed by atoms with van der Waals surface area (Å²) in [4.78, 5) is 166. The summed E-state index contributed by atoms with van der Waals surface area (Å²) in [5.74, 6) is -11.8. The van der Waals surface area contributed by atoms with E-state index in [0.717, 1.165) is 5.56 Å². The zero-order valence-electron chi connectivity index (χ0n) is 45.9. The molecule has 33 heteroatoms. The van der Waals surface area contributed by atoms with Crippen molar-refractivity contribution in [3.05, 3.63) is 49.5 Å². The van der Waals surface area contributed by atoms with Crippen molar-refractivity contribution in [2.45, 2.75) is 109 Å². The summed E-state index contributed by atoms with van der Waals surface area (Å²) in [7, 11) is 0. The van der Waals surface area contributed by atoms with Gasteiger partial charge in [0.2, 0.25) is 29.5 Å². The Morgan fingerprint density at radius 1 is 0.699 bits per heavy atom. The first-order valence-corrected chi connectivity index (χ1v) is 26.5. The van der Waals surface area contributed by atoms with Crippen LogP contribution in [0.4, 0.5) is 11.4 Å². The van der Waals surface area contributed by atoms with E-state index in [9.17, 15) is 88.2 Å². The molecule has 83 heavy (non-hydrogen) atoms. The molecule has 460 valence electrons. The van der Waals surface area contributed by atoms with Gasteiger partial charge in [0.1, 0.15) is 41.6 Å². The van der Waals surface area contributed by atoms with Crippen LogP contribution in [0, 0.1) is 45.9 Å². The number of nitrogens with two attached hydrogens (primary N) is 2. The van der Waals surface area contributed by atoms with E-state index in [0.29, 0.717) is 30.7 Å². The molecule has 0 unspecified atom stereocenters. The number of carboxylic acid groups (broad SMARTS) is 5. The summed E-state index contributed by atoms with van der Waals surface area (Å²) in [5.41, 5.74) is 10.6. The number of fused-ring (bicyclic) bond motifs is 2. The Bertz CT molecular complexity index is 2690. The van der Waals surface area contributed by atoms with Gasteiger partial charge >= 0.3 is 29.8 Å². The van der Waals surface area contributed by atoms with E-state index in [1.807, 2.05) is 0 Å². The topological polar surface area (TPSA) is 489 Å². The van der Waals surface area contributed by atoms with Crippen molar-refractivity contribution in [2.24, 2.45) is 22.4 Å². The van der Waals surface area contributed by atoms with Gasteiger partial charge in [-0.05, 0) is 68.6 Å². The standard InChI is InChI=1S/C50H74N14O18.Gd/c1-27(2)16-32(45(77)60-34(26-65)47(79)58-31(49(81)82)7-4-10-54-50(51)52)59-46(78)33(19-37(67)68)57-36(66)20-55-48(80)35-8-5-11-64(35)42-41(43(75)44(42)76)53-9-3-6-28-17-29-21-62(24-39(71)72)14-12-61(23-38(69)70)13-15-63(25-40(73)74)22-30(18-28)56-29;/h17-18,27,31-35,53,65H,3-16,19-26H2,1-2H3,(H,55,80)(H,57,66)(H,58,79)(H,59,78)(H,60,77)(H,67,68)(H,69,70)(H,71,72)(H,73,74)(H,81,82)(H4,51,52,54);/t31-,32-,33-,34-,35-;/m0./s1. The van der Waals surface area contributed by atoms with E-state index < -0.39 is 120 Å². The van der Waals surface area contributed by atoms with Crippen LogP contribution in [-0.2, 0) is 67.5 Å². The number of rotatable bonds is 32. The fourth-order valence-corrected chi connectivity index (χ4v) is 9.34. The Balaban J connectivity index is 0.0000181. The number of aromatic nitrogens is 1. The molecule has 0 spiro atoms. The zero-order chi connectivity index (χ0) is 60.8. The van der Waals surface area contributed by atoms with Gasteiger partial charge in [0.15, 0.2) is 5.96 Å². The second kappa shape index (κ2) is 34.5. The first-order valence-electron chi connectivity index (χ1n) is 26.5. The Labute approximate surface area is 507 Å². The smallest absolute Gasteiger partial charge is 0.326 e. The minimum Gasteiger partial charge on any atom is -0.481 e. The Hall–Kier alpha value is -7.04. The van der Waals surface area contributed by atoms with Crippen molar-refractivity contribution in [3.63, 3.8) is 0 Å². The predicted octanol–water partition coefficient (Wildman–Crippen LogP) is -5.43. The van der Waals surface area contributed by atoms with Gasteiger partial charge < -0.3 is 78.9 Å². The number of carbonyl (C=O) groups is 10. The number of aliphatic hydroxyl groups is 1. The fraction of sp³-hybridized carbons (Fsp3) is 0.600. The predicted molar refractivity (Wildman–Crippen MR) is 290 cm³/mol. The van der Waals surface area contributed by atoms with Gasteiger partial charge in [-0.3, -0.25) is 77.4 Å². The van der Waals surface area contributed by atoms with Gasteiger partial charge in [0.05, 0.1) is 50.6 Å². The maximum absolute atomic E-state index is 13.6. The van der Waals surface area contributed by atoms with E-state index in [4.69, 9.17) is 16.5 Å². The van der Waals surface area contributed by atoms with Gasteiger partial charge in [-0.1, -0.05) is 13.8 Å². The average Bonchev–Trinajstić information content (AvgIpc) is 4.16. The molecule has 0 saturated carbocycles. The number of hydrogen-bond acceptors (Lipinski definition) is 20. The van der Waals surface area contributed by atoms with Crippen molar-refractivity contribution in [2.75, 3.05) is 88.8 Å². The molecule has 1 aromatic heterocycles. The Kier molecular flexibility index (Phi) is 29.2. The molecule has 2 aromatic rings. The molecule has 0 aliphatic carbocycles. The molecule has 1 aromatic carbocycles. The number of anilines is 2. The molecule has 5 amide bonds. The third kappa shape index (κ3) is 23.6. The summed E-state index contributed by atoms with van der Waals surface area (Å²) < 4.78 is 0. The van der Waals surface area contributed by atoms with Crippen molar-refractivity contribution < 1.29 is 119 Å². The Morgan fingerprint density at radius 2 is 1.24 bits per heavy atom. The number of carboxylic acids is 5. The number of aliphatic carboxylic acids is 5. The van der Waals surface area contributed by atoms with Crippen LogP contribution in [0.2, 0.25) is 0 Å². The molecule has 3 heterocycles. The van der Waals surface area contributed by atoms with Gasteiger partial charge in [0, 0.05) is 98.8 Å². The molecule has 1 fully saturated rings. The third-order valence-electron chi connectivity index (χ3n) is 13.1. The molecule has 5 atom stereocenters. The number of hydrogen-bond donors (Lipinski definition) is 14. The number of aliphatic imine (C=N–C) groups is 1. The molecule has 4 rings (SSSR count). The molecule has 2 bridgehead atoms. The van der Waals surface area contributed by atoms with E-state index in [1.54, 1.807) is 40.7 Å². The van der Waals surface area contributed by atoms with Crippen LogP contribution in [-0.4, -0.2) is 224 Å². The number of guanidine groups is 1. The van der Waals surface area contributed by atoms with Crippen LogP contribution in [0.5, 0.6) is 0 Å². The molecular weight excluding hydrogens is 1240 g/mol. The van der Waals surface area contributed by atoms with Crippen LogP contribution >= 0.6 is 0 Å². The molecule has 2 aliphatic heterocycles. The quantitative estimate of drug-likeness (QED) is 0.0141. The van der Waals surface area contributed by atoms with Crippen LogP contribution in [0.15, 0.2) is 26.7 Å². The summed E-state index contributed by atoms with van der Waals surface area (Å²) >= 11 is 0. The number of nitrogens with zero attached hydrogens (tertiary/aromatic N) is 6. The van der Waals surface area contributed by atoms with E-state index in [2.05, 4.69) is 36.9 Å². The number of pyridine rings is 1. The average molecular weight is 1320 g/mol. The molecular formula is C50H74GdN14O18. The second-order valence-electron chi connectivity index (χ2n) is 20.3. The summed E-state index contributed by atoms with van der Waals surface area (Å²) in [6.07, 6.45) is 0.336.